The van der Waals surface area contributed by atoms with E-state index in [9.17, 15) is 4.79 Å². The standard InChI is InChI=1S/C22H22N4O3/c27-22(26-10-8-25(9-11-26)20-4-1-2-6-23-20)21-17-15-19-18(28-12-3-13-29-19)14-16(17)5-7-24-21/h1-2,4-7,14-15H,3,8-13H2. The molecule has 3 aromatic rings. The zero-order chi connectivity index (χ0) is 19.6. The minimum Gasteiger partial charge on any atom is -0.490 e. The van der Waals surface area contributed by atoms with Crippen LogP contribution in [0.3, 0.4) is 0 Å². The molecule has 5 rings (SSSR count). The number of rotatable bonds is 2. The second kappa shape index (κ2) is 7.58. The molecule has 0 radical (unpaired) electrons. The van der Waals surface area contributed by atoms with E-state index in [2.05, 4.69) is 14.9 Å². The largest absolute Gasteiger partial charge is 0.490 e. The topological polar surface area (TPSA) is 67.8 Å². The zero-order valence-electron chi connectivity index (χ0n) is 16.1. The molecule has 0 unspecified atom stereocenters. The maximum atomic E-state index is 13.3. The average molecular weight is 390 g/mol. The number of fused-ring (bicyclic) bond motifs is 2. The maximum absolute atomic E-state index is 13.3. The van der Waals surface area contributed by atoms with Crippen molar-refractivity contribution in [1.29, 1.82) is 0 Å². The van der Waals surface area contributed by atoms with Crippen LogP contribution in [0.25, 0.3) is 10.8 Å². The number of nitrogens with zero attached hydrogens (tertiary/aromatic N) is 4. The van der Waals surface area contributed by atoms with Crippen LogP contribution < -0.4 is 14.4 Å². The van der Waals surface area contributed by atoms with Crippen molar-refractivity contribution in [3.8, 4) is 11.5 Å². The van der Waals surface area contributed by atoms with Crippen LogP contribution in [0.5, 0.6) is 11.5 Å². The molecule has 4 heterocycles. The molecular formula is C22H22N4O3. The van der Waals surface area contributed by atoms with Crippen LogP contribution in [-0.2, 0) is 0 Å². The van der Waals surface area contributed by atoms with E-state index < -0.39 is 0 Å². The maximum Gasteiger partial charge on any atom is 0.273 e. The van der Waals surface area contributed by atoms with Gasteiger partial charge in [-0.3, -0.25) is 9.78 Å². The van der Waals surface area contributed by atoms with Crippen LogP contribution >= 0.6 is 0 Å². The number of carbonyl (C=O) groups excluding carboxylic acids is 1. The van der Waals surface area contributed by atoms with Gasteiger partial charge in [0.05, 0.1) is 13.2 Å². The average Bonchev–Trinajstić information content (AvgIpc) is 3.02. The van der Waals surface area contributed by atoms with Crippen LogP contribution in [0.1, 0.15) is 16.9 Å². The Morgan fingerprint density at radius 2 is 1.69 bits per heavy atom. The molecule has 0 spiro atoms. The summed E-state index contributed by atoms with van der Waals surface area (Å²) in [5.74, 6) is 2.30. The van der Waals surface area contributed by atoms with Crippen molar-refractivity contribution in [2.75, 3.05) is 44.3 Å². The SMILES string of the molecule is O=C(c1nccc2cc3c(cc12)OCCCO3)N1CCN(c2ccccn2)CC1. The molecule has 2 aliphatic heterocycles. The van der Waals surface area contributed by atoms with Gasteiger partial charge in [0.2, 0.25) is 0 Å². The van der Waals surface area contributed by atoms with Crippen LogP contribution in [0.2, 0.25) is 0 Å². The van der Waals surface area contributed by atoms with Crippen molar-refractivity contribution in [3.63, 3.8) is 0 Å². The lowest BCUT2D eigenvalue weighted by Gasteiger charge is -2.35. The summed E-state index contributed by atoms with van der Waals surface area (Å²) < 4.78 is 11.6. The summed E-state index contributed by atoms with van der Waals surface area (Å²) in [6.45, 7) is 4.02. The monoisotopic (exact) mass is 390 g/mol. The van der Waals surface area contributed by atoms with Crippen LogP contribution in [0, 0.1) is 0 Å². The van der Waals surface area contributed by atoms with Crippen molar-refractivity contribution in [3.05, 3.63) is 54.5 Å². The van der Waals surface area contributed by atoms with Gasteiger partial charge in [-0.25, -0.2) is 4.98 Å². The molecular weight excluding hydrogens is 368 g/mol. The first-order valence-corrected chi connectivity index (χ1v) is 9.93. The molecule has 7 heteroatoms. The minimum atomic E-state index is -0.0502. The fourth-order valence-electron chi connectivity index (χ4n) is 3.83. The Morgan fingerprint density at radius 3 is 2.45 bits per heavy atom. The molecule has 7 nitrogen and oxygen atoms in total. The summed E-state index contributed by atoms with van der Waals surface area (Å²) in [6, 6.07) is 11.6. The van der Waals surface area contributed by atoms with Crippen molar-refractivity contribution in [2.24, 2.45) is 0 Å². The quantitative estimate of drug-likeness (QED) is 0.670. The van der Waals surface area contributed by atoms with Gasteiger partial charge in [0.1, 0.15) is 11.5 Å². The van der Waals surface area contributed by atoms with Gasteiger partial charge in [0.15, 0.2) is 11.5 Å². The lowest BCUT2D eigenvalue weighted by Crippen LogP contribution is -2.49. The molecule has 1 amide bonds. The van der Waals surface area contributed by atoms with E-state index in [0.29, 0.717) is 37.7 Å². The second-order valence-corrected chi connectivity index (χ2v) is 7.20. The van der Waals surface area contributed by atoms with E-state index >= 15 is 0 Å². The first-order valence-electron chi connectivity index (χ1n) is 9.93. The van der Waals surface area contributed by atoms with Gasteiger partial charge >= 0.3 is 0 Å². The van der Waals surface area contributed by atoms with E-state index in [1.54, 1.807) is 12.4 Å². The summed E-state index contributed by atoms with van der Waals surface area (Å²) in [5.41, 5.74) is 0.462. The second-order valence-electron chi connectivity index (χ2n) is 7.20. The molecule has 2 aromatic heterocycles. The highest BCUT2D eigenvalue weighted by molar-refractivity contribution is 6.06. The van der Waals surface area contributed by atoms with Gasteiger partial charge in [-0.15, -0.1) is 0 Å². The summed E-state index contributed by atoms with van der Waals surface area (Å²) in [6.07, 6.45) is 4.32. The molecule has 0 bridgehead atoms. The molecule has 1 saturated heterocycles. The van der Waals surface area contributed by atoms with Gasteiger partial charge in [-0.2, -0.15) is 0 Å². The zero-order valence-corrected chi connectivity index (χ0v) is 16.1. The molecule has 148 valence electrons. The fraction of sp³-hybridized carbons (Fsp3) is 0.318. The number of hydrogen-bond acceptors (Lipinski definition) is 6. The Labute approximate surface area is 168 Å². The third-order valence-electron chi connectivity index (χ3n) is 5.38. The van der Waals surface area contributed by atoms with Gasteiger partial charge in [-0.1, -0.05) is 6.07 Å². The van der Waals surface area contributed by atoms with Crippen molar-refractivity contribution in [1.82, 2.24) is 14.9 Å². The predicted octanol–water partition coefficient (Wildman–Crippen LogP) is 2.75. The minimum absolute atomic E-state index is 0.0502. The number of aromatic nitrogens is 2. The Kier molecular flexibility index (Phi) is 4.63. The molecule has 0 atom stereocenters. The van der Waals surface area contributed by atoms with Gasteiger partial charge in [0, 0.05) is 50.4 Å². The van der Waals surface area contributed by atoms with Crippen molar-refractivity contribution in [2.45, 2.75) is 6.42 Å². The molecule has 29 heavy (non-hydrogen) atoms. The lowest BCUT2D eigenvalue weighted by atomic mass is 10.1. The first kappa shape index (κ1) is 17.7. The van der Waals surface area contributed by atoms with Crippen molar-refractivity contribution >= 4 is 22.5 Å². The molecule has 1 fully saturated rings. The summed E-state index contributed by atoms with van der Waals surface area (Å²) in [7, 11) is 0. The van der Waals surface area contributed by atoms with E-state index in [1.807, 2.05) is 41.3 Å². The highest BCUT2D eigenvalue weighted by atomic mass is 16.5. The van der Waals surface area contributed by atoms with Gasteiger partial charge in [-0.05, 0) is 35.7 Å². The van der Waals surface area contributed by atoms with Gasteiger partial charge in [0.25, 0.3) is 5.91 Å². The smallest absolute Gasteiger partial charge is 0.273 e. The Hall–Kier alpha value is -3.35. The number of ether oxygens (including phenoxy) is 2. The highest BCUT2D eigenvalue weighted by Crippen LogP contribution is 2.35. The van der Waals surface area contributed by atoms with E-state index in [0.717, 1.165) is 41.9 Å². The number of anilines is 1. The van der Waals surface area contributed by atoms with Crippen molar-refractivity contribution < 1.29 is 14.3 Å². The molecule has 0 saturated carbocycles. The van der Waals surface area contributed by atoms with Crippen LogP contribution in [0.15, 0.2) is 48.8 Å². The first-order chi connectivity index (χ1) is 14.3. The normalized spacial score (nSPS) is 16.6. The third kappa shape index (κ3) is 3.44. The summed E-state index contributed by atoms with van der Waals surface area (Å²) in [4.78, 5) is 26.1. The van der Waals surface area contributed by atoms with E-state index in [-0.39, 0.29) is 5.91 Å². The Bertz CT molecular complexity index is 1030. The number of amides is 1. The van der Waals surface area contributed by atoms with Crippen LogP contribution in [-0.4, -0.2) is 60.2 Å². The fourth-order valence-corrected chi connectivity index (χ4v) is 3.83. The van der Waals surface area contributed by atoms with Crippen LogP contribution in [0.4, 0.5) is 5.82 Å². The lowest BCUT2D eigenvalue weighted by molar-refractivity contribution is 0.0743. The molecule has 0 aliphatic carbocycles. The molecule has 2 aliphatic rings. The van der Waals surface area contributed by atoms with Gasteiger partial charge < -0.3 is 19.3 Å². The van der Waals surface area contributed by atoms with E-state index in [1.165, 1.54) is 0 Å². The summed E-state index contributed by atoms with van der Waals surface area (Å²) in [5, 5.41) is 1.73. The number of hydrogen-bond donors (Lipinski definition) is 0. The highest BCUT2D eigenvalue weighted by Gasteiger charge is 2.25. The summed E-state index contributed by atoms with van der Waals surface area (Å²) >= 11 is 0. The Balaban J connectivity index is 1.39. The number of pyridine rings is 2. The van der Waals surface area contributed by atoms with E-state index in [4.69, 9.17) is 9.47 Å². The molecule has 0 N–H and O–H groups in total. The predicted molar refractivity (Wildman–Crippen MR) is 110 cm³/mol. The molecule has 1 aromatic carbocycles. The number of carbonyl (C=O) groups is 1. The number of benzene rings is 1. The third-order valence-corrected chi connectivity index (χ3v) is 5.38. The number of piperazine rings is 1. The Morgan fingerprint density at radius 1 is 0.897 bits per heavy atom.